The zero-order valence-electron chi connectivity index (χ0n) is 16.9. The zero-order valence-corrected chi connectivity index (χ0v) is 16.9. The van der Waals surface area contributed by atoms with Gasteiger partial charge < -0.3 is 15.3 Å². The molecule has 0 saturated carbocycles. The van der Waals surface area contributed by atoms with Gasteiger partial charge in [-0.05, 0) is 71.3 Å². The Balaban J connectivity index is 1.45. The monoisotopic (exact) mass is 430 g/mol. The topological polar surface area (TPSA) is 86.7 Å². The Morgan fingerprint density at radius 2 is 1.56 bits per heavy atom. The molecule has 0 spiro atoms. The van der Waals surface area contributed by atoms with E-state index in [9.17, 15) is 18.8 Å². The van der Waals surface area contributed by atoms with Crippen LogP contribution in [0.25, 0.3) is 6.08 Å². The van der Waals surface area contributed by atoms with Gasteiger partial charge >= 0.3 is 5.97 Å². The molecule has 4 rings (SSSR count). The molecule has 32 heavy (non-hydrogen) atoms. The molecular formula is C25H19FN2O4. The summed E-state index contributed by atoms with van der Waals surface area (Å²) in [6, 6.07) is 16.9. The lowest BCUT2D eigenvalue weighted by Gasteiger charge is -2.24. The molecule has 0 atom stereocenters. The highest BCUT2D eigenvalue weighted by Gasteiger charge is 2.20. The fraction of sp³-hybridized carbons (Fsp3) is 0.0800. The molecule has 0 aromatic heterocycles. The average Bonchev–Trinajstić information content (AvgIpc) is 2.82. The van der Waals surface area contributed by atoms with E-state index in [1.165, 1.54) is 41.3 Å². The summed E-state index contributed by atoms with van der Waals surface area (Å²) in [5.41, 5.74) is 3.45. The molecule has 1 aliphatic rings. The van der Waals surface area contributed by atoms with Crippen molar-refractivity contribution < 1.29 is 23.9 Å². The first-order valence-electron chi connectivity index (χ1n) is 9.89. The van der Waals surface area contributed by atoms with E-state index in [0.717, 1.165) is 16.7 Å². The van der Waals surface area contributed by atoms with Gasteiger partial charge in [0.2, 0.25) is 0 Å². The Bertz CT molecular complexity index is 1220. The van der Waals surface area contributed by atoms with Gasteiger partial charge in [0.15, 0.2) is 0 Å². The molecule has 0 saturated heterocycles. The molecule has 0 bridgehead atoms. The number of nitrogens with zero attached hydrogens (tertiary/aromatic N) is 1. The van der Waals surface area contributed by atoms with Gasteiger partial charge in [-0.15, -0.1) is 0 Å². The van der Waals surface area contributed by atoms with Gasteiger partial charge in [0, 0.05) is 23.9 Å². The summed E-state index contributed by atoms with van der Waals surface area (Å²) < 4.78 is 13.0. The fourth-order valence-electron chi connectivity index (χ4n) is 3.40. The molecule has 1 heterocycles. The first kappa shape index (κ1) is 21.0. The van der Waals surface area contributed by atoms with Gasteiger partial charge in [0.1, 0.15) is 5.82 Å². The molecule has 2 N–H and O–H groups in total. The summed E-state index contributed by atoms with van der Waals surface area (Å²) in [5, 5.41) is 11.8. The van der Waals surface area contributed by atoms with Crippen molar-refractivity contribution in [1.29, 1.82) is 0 Å². The summed E-state index contributed by atoms with van der Waals surface area (Å²) in [4.78, 5) is 37.9. The van der Waals surface area contributed by atoms with Crippen LogP contribution in [0.2, 0.25) is 0 Å². The van der Waals surface area contributed by atoms with Crippen molar-refractivity contribution in [3.8, 4) is 0 Å². The summed E-state index contributed by atoms with van der Waals surface area (Å²) in [7, 11) is 0. The number of aromatic carboxylic acids is 1. The molecule has 0 fully saturated rings. The van der Waals surface area contributed by atoms with E-state index in [1.807, 2.05) is 6.07 Å². The van der Waals surface area contributed by atoms with Crippen LogP contribution in [0.3, 0.4) is 0 Å². The minimum absolute atomic E-state index is 0.109. The Labute approximate surface area is 183 Å². The van der Waals surface area contributed by atoms with Crippen molar-refractivity contribution in [2.75, 3.05) is 0 Å². The Hall–Kier alpha value is -4.26. The van der Waals surface area contributed by atoms with Crippen LogP contribution in [0, 0.1) is 5.82 Å². The third kappa shape index (κ3) is 4.57. The summed E-state index contributed by atoms with van der Waals surface area (Å²) in [6.07, 6.45) is 3.46. The SMILES string of the molecule is O=C(O)c1ccc(C(=O)N2C=Cc3ccc(C(=O)NCc4ccc(F)cc4)cc3C2)cc1. The molecule has 6 nitrogen and oxygen atoms in total. The molecule has 1 aliphatic heterocycles. The van der Waals surface area contributed by atoms with E-state index < -0.39 is 5.97 Å². The summed E-state index contributed by atoms with van der Waals surface area (Å²) in [6.45, 7) is 0.553. The lowest BCUT2D eigenvalue weighted by Crippen LogP contribution is -2.28. The van der Waals surface area contributed by atoms with Crippen molar-refractivity contribution in [2.24, 2.45) is 0 Å². The van der Waals surface area contributed by atoms with Gasteiger partial charge in [-0.2, -0.15) is 0 Å². The summed E-state index contributed by atoms with van der Waals surface area (Å²) in [5.74, 6) is -1.93. The minimum Gasteiger partial charge on any atom is -0.478 e. The molecule has 160 valence electrons. The van der Waals surface area contributed by atoms with Crippen LogP contribution in [0.5, 0.6) is 0 Å². The van der Waals surface area contributed by atoms with Crippen molar-refractivity contribution in [1.82, 2.24) is 10.2 Å². The molecule has 0 aliphatic carbocycles. The highest BCUT2D eigenvalue weighted by molar-refractivity contribution is 5.97. The highest BCUT2D eigenvalue weighted by Crippen LogP contribution is 2.23. The van der Waals surface area contributed by atoms with E-state index in [0.29, 0.717) is 11.1 Å². The lowest BCUT2D eigenvalue weighted by molar-refractivity contribution is 0.0695. The number of halogens is 1. The molecule has 3 aromatic rings. The van der Waals surface area contributed by atoms with E-state index >= 15 is 0 Å². The number of hydrogen-bond donors (Lipinski definition) is 2. The fourth-order valence-corrected chi connectivity index (χ4v) is 3.40. The van der Waals surface area contributed by atoms with Crippen LogP contribution in [-0.2, 0) is 13.1 Å². The quantitative estimate of drug-likeness (QED) is 0.639. The number of hydrogen-bond acceptors (Lipinski definition) is 3. The van der Waals surface area contributed by atoms with Crippen molar-refractivity contribution >= 4 is 23.9 Å². The van der Waals surface area contributed by atoms with Crippen molar-refractivity contribution in [2.45, 2.75) is 13.1 Å². The minimum atomic E-state index is -1.05. The average molecular weight is 430 g/mol. The van der Waals surface area contributed by atoms with Gasteiger partial charge in [0.25, 0.3) is 11.8 Å². The van der Waals surface area contributed by atoms with E-state index in [2.05, 4.69) is 5.32 Å². The number of carbonyl (C=O) groups excluding carboxylic acids is 2. The Kier molecular flexibility index (Phi) is 5.81. The van der Waals surface area contributed by atoms with Crippen LogP contribution in [0.15, 0.2) is 72.9 Å². The zero-order chi connectivity index (χ0) is 22.7. The second kappa shape index (κ2) is 8.85. The number of amides is 2. The predicted molar refractivity (Wildman–Crippen MR) is 116 cm³/mol. The van der Waals surface area contributed by atoms with Crippen LogP contribution in [-0.4, -0.2) is 27.8 Å². The lowest BCUT2D eigenvalue weighted by atomic mass is 10.00. The van der Waals surface area contributed by atoms with Crippen LogP contribution >= 0.6 is 0 Å². The van der Waals surface area contributed by atoms with Gasteiger partial charge in [-0.3, -0.25) is 9.59 Å². The first-order valence-corrected chi connectivity index (χ1v) is 9.89. The number of fused-ring (bicyclic) bond motifs is 1. The molecule has 0 unspecified atom stereocenters. The first-order chi connectivity index (χ1) is 15.4. The smallest absolute Gasteiger partial charge is 0.335 e. The van der Waals surface area contributed by atoms with Crippen LogP contribution in [0.1, 0.15) is 47.8 Å². The second-order valence-electron chi connectivity index (χ2n) is 7.35. The van der Waals surface area contributed by atoms with Crippen LogP contribution in [0.4, 0.5) is 4.39 Å². The standard InChI is InChI=1S/C25H19FN2O4/c26-22-9-1-16(2-10-22)14-27-23(29)20-8-3-17-11-12-28(15-21(17)13-20)24(30)18-4-6-19(7-5-18)25(31)32/h1-13H,14-15H2,(H,27,29)(H,31,32). The Morgan fingerprint density at radius 3 is 2.25 bits per heavy atom. The molecular weight excluding hydrogens is 411 g/mol. The second-order valence-corrected chi connectivity index (χ2v) is 7.35. The maximum Gasteiger partial charge on any atom is 0.335 e. The van der Waals surface area contributed by atoms with Gasteiger partial charge in [-0.1, -0.05) is 18.2 Å². The number of carboxylic acid groups (broad SMARTS) is 1. The number of rotatable bonds is 5. The third-order valence-corrected chi connectivity index (χ3v) is 5.19. The van der Waals surface area contributed by atoms with Crippen molar-refractivity contribution in [3.63, 3.8) is 0 Å². The van der Waals surface area contributed by atoms with E-state index in [1.54, 1.807) is 36.5 Å². The Morgan fingerprint density at radius 1 is 0.906 bits per heavy atom. The molecule has 7 heteroatoms. The molecule has 0 radical (unpaired) electrons. The molecule has 2 amide bonds. The van der Waals surface area contributed by atoms with E-state index in [-0.39, 0.29) is 36.3 Å². The highest BCUT2D eigenvalue weighted by atomic mass is 19.1. The summed E-state index contributed by atoms with van der Waals surface area (Å²) >= 11 is 0. The van der Waals surface area contributed by atoms with E-state index in [4.69, 9.17) is 5.11 Å². The number of benzene rings is 3. The largest absolute Gasteiger partial charge is 0.478 e. The number of carboxylic acids is 1. The maximum atomic E-state index is 13.0. The number of nitrogens with one attached hydrogen (secondary N) is 1. The van der Waals surface area contributed by atoms with Crippen LogP contribution < -0.4 is 5.32 Å². The number of carbonyl (C=O) groups is 3. The third-order valence-electron chi connectivity index (χ3n) is 5.19. The van der Waals surface area contributed by atoms with Gasteiger partial charge in [0.05, 0.1) is 12.1 Å². The predicted octanol–water partition coefficient (Wildman–Crippen LogP) is 4.08. The molecule has 3 aromatic carbocycles. The van der Waals surface area contributed by atoms with Gasteiger partial charge in [-0.25, -0.2) is 9.18 Å². The maximum absolute atomic E-state index is 13.0. The normalized spacial score (nSPS) is 12.2. The van der Waals surface area contributed by atoms with Crippen molar-refractivity contribution in [3.05, 3.63) is 112 Å².